The molecule has 0 saturated carbocycles. The lowest BCUT2D eigenvalue weighted by Crippen LogP contribution is -2.49. The highest BCUT2D eigenvalue weighted by Crippen LogP contribution is 2.31. The van der Waals surface area contributed by atoms with E-state index < -0.39 is 5.54 Å². The summed E-state index contributed by atoms with van der Waals surface area (Å²) in [4.78, 5) is 11.7. The van der Waals surface area contributed by atoms with Crippen molar-refractivity contribution in [3.8, 4) is 0 Å². The van der Waals surface area contributed by atoms with Gasteiger partial charge in [-0.05, 0) is 25.5 Å². The average Bonchev–Trinajstić information content (AvgIpc) is 2.20. The minimum Gasteiger partial charge on any atom is -0.370 e. The van der Waals surface area contributed by atoms with Gasteiger partial charge in [-0.3, -0.25) is 4.79 Å². The zero-order valence-corrected chi connectivity index (χ0v) is 8.42. The van der Waals surface area contributed by atoms with Crippen molar-refractivity contribution >= 4 is 17.3 Å². The van der Waals surface area contributed by atoms with Gasteiger partial charge in [0.1, 0.15) is 5.54 Å². The quantitative estimate of drug-likeness (QED) is 0.713. The second kappa shape index (κ2) is 3.01. The molecule has 1 aliphatic heterocycles. The molecule has 2 rings (SSSR count). The van der Waals surface area contributed by atoms with Gasteiger partial charge in [-0.1, -0.05) is 19.1 Å². The summed E-state index contributed by atoms with van der Waals surface area (Å²) in [6, 6.07) is 7.74. The first-order chi connectivity index (χ1) is 6.65. The van der Waals surface area contributed by atoms with Crippen LogP contribution >= 0.6 is 0 Å². The Bertz CT molecular complexity index is 375. The van der Waals surface area contributed by atoms with Crippen LogP contribution in [0.3, 0.4) is 0 Å². The number of nitrogens with one attached hydrogen (secondary N) is 2. The molecule has 1 unspecified atom stereocenters. The van der Waals surface area contributed by atoms with Crippen LogP contribution in [0.5, 0.6) is 0 Å². The number of para-hydroxylation sites is 2. The molecule has 14 heavy (non-hydrogen) atoms. The average molecular weight is 190 g/mol. The van der Waals surface area contributed by atoms with Gasteiger partial charge in [0.05, 0.1) is 11.4 Å². The second-order valence-corrected chi connectivity index (χ2v) is 3.81. The molecule has 0 spiro atoms. The number of hydrogen-bond acceptors (Lipinski definition) is 2. The number of carbonyl (C=O) groups excluding carboxylic acids is 1. The minimum absolute atomic E-state index is 0.0405. The van der Waals surface area contributed by atoms with Crippen molar-refractivity contribution < 1.29 is 4.79 Å². The largest absolute Gasteiger partial charge is 0.370 e. The first-order valence-electron chi connectivity index (χ1n) is 4.84. The van der Waals surface area contributed by atoms with E-state index in [0.717, 1.165) is 17.8 Å². The van der Waals surface area contributed by atoms with Crippen molar-refractivity contribution in [2.24, 2.45) is 0 Å². The van der Waals surface area contributed by atoms with E-state index >= 15 is 0 Å². The lowest BCUT2D eigenvalue weighted by atomic mass is 9.94. The standard InChI is InChI=1S/C11H14N2O/c1-3-11(2)10(14)12-8-6-4-5-7-9(8)13-11/h4-7,13H,3H2,1-2H3,(H,12,14). The highest BCUT2D eigenvalue weighted by atomic mass is 16.2. The highest BCUT2D eigenvalue weighted by Gasteiger charge is 2.35. The maximum absolute atomic E-state index is 11.7. The van der Waals surface area contributed by atoms with Gasteiger partial charge in [-0.25, -0.2) is 0 Å². The zero-order valence-electron chi connectivity index (χ0n) is 8.42. The lowest BCUT2D eigenvalue weighted by molar-refractivity contribution is -0.120. The molecule has 3 nitrogen and oxygen atoms in total. The summed E-state index contributed by atoms with van der Waals surface area (Å²) in [7, 11) is 0. The number of anilines is 2. The summed E-state index contributed by atoms with van der Waals surface area (Å²) in [6.07, 6.45) is 0.771. The van der Waals surface area contributed by atoms with E-state index in [1.54, 1.807) is 0 Å². The van der Waals surface area contributed by atoms with E-state index in [1.165, 1.54) is 0 Å². The van der Waals surface area contributed by atoms with Crippen LogP contribution in [0.25, 0.3) is 0 Å². The van der Waals surface area contributed by atoms with E-state index in [4.69, 9.17) is 0 Å². The normalized spacial score (nSPS) is 24.9. The molecular formula is C11H14N2O. The summed E-state index contributed by atoms with van der Waals surface area (Å²) in [5.41, 5.74) is 1.38. The van der Waals surface area contributed by atoms with Crippen LogP contribution in [0.15, 0.2) is 24.3 Å². The summed E-state index contributed by atoms with van der Waals surface area (Å²) in [5, 5.41) is 6.16. The number of benzene rings is 1. The van der Waals surface area contributed by atoms with Gasteiger partial charge in [0, 0.05) is 0 Å². The number of hydrogen-bond donors (Lipinski definition) is 2. The Morgan fingerprint density at radius 2 is 1.93 bits per heavy atom. The topological polar surface area (TPSA) is 41.1 Å². The Hall–Kier alpha value is -1.51. The molecule has 0 saturated heterocycles. The van der Waals surface area contributed by atoms with Gasteiger partial charge in [0.2, 0.25) is 5.91 Å². The van der Waals surface area contributed by atoms with Gasteiger partial charge in [-0.2, -0.15) is 0 Å². The SMILES string of the molecule is CCC1(C)Nc2ccccc2NC1=O. The van der Waals surface area contributed by atoms with Gasteiger partial charge in [-0.15, -0.1) is 0 Å². The predicted octanol–water partition coefficient (Wildman–Crippen LogP) is 2.22. The molecule has 1 aromatic carbocycles. The third-order valence-electron chi connectivity index (χ3n) is 2.79. The molecule has 0 aromatic heterocycles. The molecule has 1 amide bonds. The monoisotopic (exact) mass is 190 g/mol. The molecule has 1 atom stereocenters. The Morgan fingerprint density at radius 3 is 2.57 bits per heavy atom. The smallest absolute Gasteiger partial charge is 0.249 e. The Morgan fingerprint density at radius 1 is 1.29 bits per heavy atom. The summed E-state index contributed by atoms with van der Waals surface area (Å²) >= 11 is 0. The fourth-order valence-corrected chi connectivity index (χ4v) is 1.56. The van der Waals surface area contributed by atoms with Crippen LogP contribution in [-0.4, -0.2) is 11.4 Å². The number of carbonyl (C=O) groups is 1. The number of fused-ring (bicyclic) bond motifs is 1. The Balaban J connectivity index is 2.41. The van der Waals surface area contributed by atoms with Crippen LogP contribution in [0.2, 0.25) is 0 Å². The summed E-state index contributed by atoms with van der Waals surface area (Å²) in [6.45, 7) is 3.92. The molecule has 1 aliphatic rings. The van der Waals surface area contributed by atoms with Gasteiger partial charge in [0.15, 0.2) is 0 Å². The maximum atomic E-state index is 11.7. The van der Waals surface area contributed by atoms with Crippen LogP contribution in [-0.2, 0) is 4.79 Å². The van der Waals surface area contributed by atoms with Crippen molar-refractivity contribution in [3.63, 3.8) is 0 Å². The van der Waals surface area contributed by atoms with E-state index in [1.807, 2.05) is 38.1 Å². The third-order valence-corrected chi connectivity index (χ3v) is 2.79. The summed E-state index contributed by atoms with van der Waals surface area (Å²) < 4.78 is 0. The molecule has 1 aromatic rings. The molecule has 0 radical (unpaired) electrons. The van der Waals surface area contributed by atoms with Gasteiger partial charge in [0.25, 0.3) is 0 Å². The van der Waals surface area contributed by atoms with E-state index in [0.29, 0.717) is 0 Å². The van der Waals surface area contributed by atoms with Crippen molar-refractivity contribution in [1.29, 1.82) is 0 Å². The minimum atomic E-state index is -0.478. The molecule has 2 N–H and O–H groups in total. The molecule has 1 heterocycles. The molecule has 74 valence electrons. The van der Waals surface area contributed by atoms with E-state index in [9.17, 15) is 4.79 Å². The molecule has 0 aliphatic carbocycles. The van der Waals surface area contributed by atoms with Crippen molar-refractivity contribution in [2.75, 3.05) is 10.6 Å². The van der Waals surface area contributed by atoms with Crippen molar-refractivity contribution in [3.05, 3.63) is 24.3 Å². The molecular weight excluding hydrogens is 176 g/mol. The van der Waals surface area contributed by atoms with Crippen LogP contribution < -0.4 is 10.6 Å². The first-order valence-corrected chi connectivity index (χ1v) is 4.84. The fraction of sp³-hybridized carbons (Fsp3) is 0.364. The van der Waals surface area contributed by atoms with Crippen LogP contribution in [0.4, 0.5) is 11.4 Å². The number of rotatable bonds is 1. The predicted molar refractivity (Wildman–Crippen MR) is 57.4 cm³/mol. The molecule has 0 fully saturated rings. The van der Waals surface area contributed by atoms with Crippen molar-refractivity contribution in [2.45, 2.75) is 25.8 Å². The fourth-order valence-electron chi connectivity index (χ4n) is 1.56. The third kappa shape index (κ3) is 1.25. The lowest BCUT2D eigenvalue weighted by Gasteiger charge is -2.34. The number of amides is 1. The first kappa shape index (κ1) is 9.06. The van der Waals surface area contributed by atoms with Gasteiger partial charge < -0.3 is 10.6 Å². The maximum Gasteiger partial charge on any atom is 0.249 e. The second-order valence-electron chi connectivity index (χ2n) is 3.81. The molecule has 0 bridgehead atoms. The van der Waals surface area contributed by atoms with Crippen LogP contribution in [0.1, 0.15) is 20.3 Å². The van der Waals surface area contributed by atoms with Crippen molar-refractivity contribution in [1.82, 2.24) is 0 Å². The van der Waals surface area contributed by atoms with Crippen LogP contribution in [0, 0.1) is 0 Å². The molecule has 3 heteroatoms. The zero-order chi connectivity index (χ0) is 10.2. The summed E-state index contributed by atoms with van der Waals surface area (Å²) in [5.74, 6) is 0.0405. The van der Waals surface area contributed by atoms with Gasteiger partial charge >= 0.3 is 0 Å². The van der Waals surface area contributed by atoms with E-state index in [2.05, 4.69) is 10.6 Å². The Kier molecular flexibility index (Phi) is 1.95. The Labute approximate surface area is 83.5 Å². The highest BCUT2D eigenvalue weighted by molar-refractivity contribution is 6.05. The van der Waals surface area contributed by atoms with E-state index in [-0.39, 0.29) is 5.91 Å².